The van der Waals surface area contributed by atoms with Gasteiger partial charge in [0, 0.05) is 11.6 Å². The minimum absolute atomic E-state index is 0.148. The number of nitrogens with one attached hydrogen (secondary N) is 2. The fourth-order valence-corrected chi connectivity index (χ4v) is 3.23. The summed E-state index contributed by atoms with van der Waals surface area (Å²) in [5.41, 5.74) is 2.01. The first-order chi connectivity index (χ1) is 14.1. The van der Waals surface area contributed by atoms with Crippen molar-refractivity contribution in [1.29, 1.82) is 0 Å². The Morgan fingerprint density at radius 1 is 1.10 bits per heavy atom. The molecule has 1 unspecified atom stereocenters. The number of thiazole rings is 1. The molecule has 3 rings (SSSR count). The van der Waals surface area contributed by atoms with Crippen molar-refractivity contribution in [1.82, 2.24) is 4.98 Å². The molecule has 0 saturated carbocycles. The minimum atomic E-state index is -0.342. The van der Waals surface area contributed by atoms with Crippen LogP contribution in [0.5, 0.6) is 5.75 Å². The molecule has 150 valence electrons. The smallest absolute Gasteiger partial charge is 0.262 e. The summed E-state index contributed by atoms with van der Waals surface area (Å²) >= 11 is 1.33. The Morgan fingerprint density at radius 2 is 1.86 bits per heavy atom. The summed E-state index contributed by atoms with van der Waals surface area (Å²) in [5.74, 6) is 0.435. The predicted octanol–water partition coefficient (Wildman–Crippen LogP) is 4.93. The fraction of sp³-hybridized carbons (Fsp3) is 0.227. The van der Waals surface area contributed by atoms with Gasteiger partial charge < -0.3 is 10.1 Å². The molecule has 0 radical (unpaired) electrons. The molecular weight excluding hydrogens is 386 g/mol. The molecule has 0 aliphatic carbocycles. The van der Waals surface area contributed by atoms with Crippen LogP contribution in [0.4, 0.5) is 10.8 Å². The maximum atomic E-state index is 12.5. The molecule has 1 aromatic heterocycles. The number of hydrogen-bond donors (Lipinski definition) is 2. The maximum absolute atomic E-state index is 12.5. The topological polar surface area (TPSA) is 80.3 Å². The van der Waals surface area contributed by atoms with Gasteiger partial charge >= 0.3 is 0 Å². The van der Waals surface area contributed by atoms with Gasteiger partial charge in [0.05, 0.1) is 11.3 Å². The van der Waals surface area contributed by atoms with Crippen molar-refractivity contribution >= 4 is 34.0 Å². The molecule has 0 saturated heterocycles. The van der Waals surface area contributed by atoms with E-state index < -0.39 is 0 Å². The van der Waals surface area contributed by atoms with Gasteiger partial charge in [-0.25, -0.2) is 4.98 Å². The Hall–Kier alpha value is -3.19. The van der Waals surface area contributed by atoms with Crippen LogP contribution in [0.15, 0.2) is 60.1 Å². The normalized spacial score (nSPS) is 11.5. The third-order valence-corrected chi connectivity index (χ3v) is 5.22. The van der Waals surface area contributed by atoms with Crippen molar-refractivity contribution in [2.75, 3.05) is 17.2 Å². The van der Waals surface area contributed by atoms with E-state index in [0.29, 0.717) is 28.0 Å². The van der Waals surface area contributed by atoms with E-state index in [9.17, 15) is 9.59 Å². The van der Waals surface area contributed by atoms with Crippen LogP contribution in [0.25, 0.3) is 0 Å². The molecule has 29 heavy (non-hydrogen) atoms. The summed E-state index contributed by atoms with van der Waals surface area (Å²) < 4.78 is 5.57. The minimum Gasteiger partial charge on any atom is -0.484 e. The van der Waals surface area contributed by atoms with Crippen molar-refractivity contribution in [2.45, 2.75) is 26.2 Å². The van der Waals surface area contributed by atoms with Crippen molar-refractivity contribution < 1.29 is 14.3 Å². The van der Waals surface area contributed by atoms with Gasteiger partial charge in [-0.15, -0.1) is 11.3 Å². The Morgan fingerprint density at radius 3 is 2.55 bits per heavy atom. The van der Waals surface area contributed by atoms with E-state index in [-0.39, 0.29) is 18.4 Å². The van der Waals surface area contributed by atoms with E-state index in [1.807, 2.05) is 24.3 Å². The molecule has 0 aliphatic rings. The first-order valence-corrected chi connectivity index (χ1v) is 10.3. The lowest BCUT2D eigenvalue weighted by molar-refractivity contribution is -0.118. The lowest BCUT2D eigenvalue weighted by atomic mass is 9.99. The quantitative estimate of drug-likeness (QED) is 0.553. The van der Waals surface area contributed by atoms with Crippen LogP contribution in [0.3, 0.4) is 0 Å². The number of para-hydroxylation sites is 1. The number of carbonyl (C=O) groups is 2. The molecule has 2 N–H and O–H groups in total. The van der Waals surface area contributed by atoms with Crippen LogP contribution in [-0.4, -0.2) is 23.4 Å². The molecule has 2 amide bonds. The van der Waals surface area contributed by atoms with Gasteiger partial charge in [0.1, 0.15) is 5.75 Å². The lowest BCUT2D eigenvalue weighted by Gasteiger charge is -2.12. The molecule has 1 atom stereocenters. The molecule has 2 aromatic carbocycles. The van der Waals surface area contributed by atoms with Crippen LogP contribution in [0, 0.1) is 0 Å². The number of nitrogens with zero attached hydrogens (tertiary/aromatic N) is 1. The average molecular weight is 410 g/mol. The Kier molecular flexibility index (Phi) is 6.97. The van der Waals surface area contributed by atoms with E-state index >= 15 is 0 Å². The van der Waals surface area contributed by atoms with Crippen LogP contribution in [0.2, 0.25) is 0 Å². The van der Waals surface area contributed by atoms with Crippen LogP contribution in [-0.2, 0) is 4.79 Å². The van der Waals surface area contributed by atoms with Crippen molar-refractivity contribution in [2.24, 2.45) is 0 Å². The van der Waals surface area contributed by atoms with E-state index in [0.717, 1.165) is 6.42 Å². The monoisotopic (exact) mass is 409 g/mol. The predicted molar refractivity (Wildman–Crippen MR) is 116 cm³/mol. The van der Waals surface area contributed by atoms with Crippen molar-refractivity contribution in [3.8, 4) is 5.75 Å². The molecule has 0 aliphatic heterocycles. The van der Waals surface area contributed by atoms with Crippen molar-refractivity contribution in [3.05, 3.63) is 71.2 Å². The van der Waals surface area contributed by atoms with Crippen molar-refractivity contribution in [3.63, 3.8) is 0 Å². The molecule has 0 fully saturated rings. The van der Waals surface area contributed by atoms with Gasteiger partial charge in [-0.2, -0.15) is 0 Å². The number of aromatic nitrogens is 1. The second-order valence-electron chi connectivity index (χ2n) is 6.55. The van der Waals surface area contributed by atoms with E-state index in [4.69, 9.17) is 4.74 Å². The van der Waals surface area contributed by atoms with Crippen LogP contribution >= 0.6 is 11.3 Å². The molecule has 1 heterocycles. The number of amides is 2. The Bertz CT molecular complexity index is 956. The van der Waals surface area contributed by atoms with Gasteiger partial charge in [0.25, 0.3) is 11.8 Å². The number of hydrogen-bond acceptors (Lipinski definition) is 5. The lowest BCUT2D eigenvalue weighted by Crippen LogP contribution is -2.22. The Labute approximate surface area is 173 Å². The van der Waals surface area contributed by atoms with Gasteiger partial charge in [0.15, 0.2) is 11.7 Å². The second-order valence-corrected chi connectivity index (χ2v) is 7.45. The van der Waals surface area contributed by atoms with Gasteiger partial charge in [-0.1, -0.05) is 38.1 Å². The maximum Gasteiger partial charge on any atom is 0.262 e. The molecule has 3 aromatic rings. The van der Waals surface area contributed by atoms with Crippen LogP contribution in [0.1, 0.15) is 42.1 Å². The molecular formula is C22H23N3O3S. The largest absolute Gasteiger partial charge is 0.484 e. The summed E-state index contributed by atoms with van der Waals surface area (Å²) in [7, 11) is 0. The van der Waals surface area contributed by atoms with E-state index in [1.165, 1.54) is 16.9 Å². The zero-order chi connectivity index (χ0) is 20.6. The van der Waals surface area contributed by atoms with Gasteiger partial charge in [0.2, 0.25) is 0 Å². The zero-order valence-electron chi connectivity index (χ0n) is 16.3. The Balaban J connectivity index is 1.58. The van der Waals surface area contributed by atoms with E-state index in [1.54, 1.807) is 35.8 Å². The fourth-order valence-electron chi connectivity index (χ4n) is 2.70. The number of rotatable bonds is 8. The highest BCUT2D eigenvalue weighted by molar-refractivity contribution is 7.13. The number of carbonyl (C=O) groups excluding carboxylic acids is 2. The number of anilines is 2. The molecule has 0 spiro atoms. The summed E-state index contributed by atoms with van der Waals surface area (Å²) in [4.78, 5) is 28.8. The van der Waals surface area contributed by atoms with Gasteiger partial charge in [-0.3, -0.25) is 14.9 Å². The third-order valence-electron chi connectivity index (χ3n) is 4.53. The molecule has 6 nitrogen and oxygen atoms in total. The first kappa shape index (κ1) is 20.5. The summed E-state index contributed by atoms with van der Waals surface area (Å²) in [5, 5.41) is 7.73. The second kappa shape index (κ2) is 9.84. The molecule has 0 bridgehead atoms. The van der Waals surface area contributed by atoms with Crippen LogP contribution < -0.4 is 15.4 Å². The SMILES string of the molecule is CCC(C)c1ccc(OCC(=O)Nc2ccccc2C(=O)Nc2nccs2)cc1. The number of ether oxygens (including phenoxy) is 1. The summed E-state index contributed by atoms with van der Waals surface area (Å²) in [6.45, 7) is 4.17. The highest BCUT2D eigenvalue weighted by Gasteiger charge is 2.14. The highest BCUT2D eigenvalue weighted by Crippen LogP contribution is 2.22. The first-order valence-electron chi connectivity index (χ1n) is 9.39. The number of benzene rings is 2. The summed E-state index contributed by atoms with van der Waals surface area (Å²) in [6.07, 6.45) is 2.68. The van der Waals surface area contributed by atoms with Gasteiger partial charge in [-0.05, 0) is 42.2 Å². The molecule has 7 heteroatoms. The zero-order valence-corrected chi connectivity index (χ0v) is 17.2. The highest BCUT2D eigenvalue weighted by atomic mass is 32.1. The third kappa shape index (κ3) is 5.65. The summed E-state index contributed by atoms with van der Waals surface area (Å²) in [6, 6.07) is 14.6. The standard InChI is InChI=1S/C22H23N3O3S/c1-3-15(2)16-8-10-17(11-9-16)28-14-20(26)24-19-7-5-4-6-18(19)21(27)25-22-23-12-13-29-22/h4-13,15H,3,14H2,1-2H3,(H,24,26)(H,23,25,27). The van der Waals surface area contributed by atoms with E-state index in [2.05, 4.69) is 29.5 Å². The average Bonchev–Trinajstić information content (AvgIpc) is 3.25.